The minimum Gasteiger partial charge on any atom is -0.354 e. The maximum atomic E-state index is 12.3. The lowest BCUT2D eigenvalue weighted by molar-refractivity contribution is -0.147. The fourth-order valence-corrected chi connectivity index (χ4v) is 3.89. The summed E-state index contributed by atoms with van der Waals surface area (Å²) in [5, 5.41) is 5.77. The molecule has 2 heterocycles. The van der Waals surface area contributed by atoms with Gasteiger partial charge in [0, 0.05) is 37.1 Å². The van der Waals surface area contributed by atoms with Crippen LogP contribution in [0.5, 0.6) is 0 Å². The van der Waals surface area contributed by atoms with Crippen molar-refractivity contribution in [1.82, 2.24) is 20.4 Å². The first kappa shape index (κ1) is 21.7. The zero-order valence-electron chi connectivity index (χ0n) is 17.3. The highest BCUT2D eigenvalue weighted by atomic mass is 16.2. The van der Waals surface area contributed by atoms with Gasteiger partial charge in [0.2, 0.25) is 5.91 Å². The number of likely N-dealkylation sites (tertiary alicyclic amines) is 2. The van der Waals surface area contributed by atoms with Crippen molar-refractivity contribution < 1.29 is 14.4 Å². The summed E-state index contributed by atoms with van der Waals surface area (Å²) in [6.45, 7) is 11.0. The monoisotopic (exact) mass is 380 g/mol. The number of nitrogens with zero attached hydrogens (tertiary/aromatic N) is 2. The van der Waals surface area contributed by atoms with Crippen LogP contribution in [-0.2, 0) is 14.4 Å². The van der Waals surface area contributed by atoms with E-state index in [0.29, 0.717) is 19.1 Å². The lowest BCUT2D eigenvalue weighted by Gasteiger charge is -2.41. The van der Waals surface area contributed by atoms with Gasteiger partial charge in [0.25, 0.3) is 0 Å². The van der Waals surface area contributed by atoms with Crippen LogP contribution in [0.3, 0.4) is 0 Å². The third-order valence-electron chi connectivity index (χ3n) is 5.78. The van der Waals surface area contributed by atoms with E-state index in [1.165, 1.54) is 0 Å². The first-order valence-electron chi connectivity index (χ1n) is 10.5. The molecule has 0 aromatic rings. The van der Waals surface area contributed by atoms with Crippen molar-refractivity contribution in [3.05, 3.63) is 0 Å². The molecular formula is C20H36N4O3. The van der Waals surface area contributed by atoms with E-state index in [4.69, 9.17) is 0 Å². The predicted molar refractivity (Wildman–Crippen MR) is 105 cm³/mol. The van der Waals surface area contributed by atoms with Crippen LogP contribution in [0.25, 0.3) is 0 Å². The van der Waals surface area contributed by atoms with Gasteiger partial charge in [-0.05, 0) is 66.0 Å². The van der Waals surface area contributed by atoms with Crippen LogP contribution in [0.2, 0.25) is 0 Å². The quantitative estimate of drug-likeness (QED) is 0.701. The highest BCUT2D eigenvalue weighted by Crippen LogP contribution is 2.24. The molecule has 7 nitrogen and oxygen atoms in total. The van der Waals surface area contributed by atoms with Crippen molar-refractivity contribution >= 4 is 17.7 Å². The normalized spacial score (nSPS) is 21.1. The Morgan fingerprint density at radius 3 is 2.04 bits per heavy atom. The van der Waals surface area contributed by atoms with E-state index in [1.807, 2.05) is 27.7 Å². The van der Waals surface area contributed by atoms with Crippen molar-refractivity contribution in [2.75, 3.05) is 26.2 Å². The highest BCUT2D eigenvalue weighted by Gasteiger charge is 2.33. The van der Waals surface area contributed by atoms with Gasteiger partial charge in [0.15, 0.2) is 0 Å². The Kier molecular flexibility index (Phi) is 8.07. The molecule has 154 valence electrons. The van der Waals surface area contributed by atoms with E-state index in [2.05, 4.69) is 15.5 Å². The molecule has 2 rings (SSSR count). The number of carbonyl (C=O) groups is 3. The fourth-order valence-electron chi connectivity index (χ4n) is 3.89. The van der Waals surface area contributed by atoms with E-state index in [9.17, 15) is 14.4 Å². The number of nitrogens with one attached hydrogen (secondary N) is 2. The zero-order chi connectivity index (χ0) is 20.0. The van der Waals surface area contributed by atoms with Crippen molar-refractivity contribution in [2.45, 2.75) is 77.9 Å². The molecule has 7 heteroatoms. The van der Waals surface area contributed by atoms with Crippen LogP contribution in [0.1, 0.15) is 59.8 Å². The number of hydrogen-bond acceptors (Lipinski definition) is 4. The van der Waals surface area contributed by atoms with Gasteiger partial charge in [-0.1, -0.05) is 6.92 Å². The van der Waals surface area contributed by atoms with Crippen molar-refractivity contribution in [3.8, 4) is 0 Å². The van der Waals surface area contributed by atoms with Gasteiger partial charge >= 0.3 is 11.8 Å². The number of carbonyl (C=O) groups excluding carboxylic acids is 3. The largest absolute Gasteiger partial charge is 0.354 e. The molecular weight excluding hydrogens is 344 g/mol. The molecule has 0 radical (unpaired) electrons. The molecule has 27 heavy (non-hydrogen) atoms. The summed E-state index contributed by atoms with van der Waals surface area (Å²) in [6.07, 6.45) is 4.40. The Morgan fingerprint density at radius 1 is 0.926 bits per heavy atom. The Labute approximate surface area is 163 Å². The first-order chi connectivity index (χ1) is 12.8. The summed E-state index contributed by atoms with van der Waals surface area (Å²) in [7, 11) is 0. The van der Waals surface area contributed by atoms with Gasteiger partial charge in [-0.25, -0.2) is 0 Å². The fraction of sp³-hybridized carbons (Fsp3) is 0.850. The molecule has 2 fully saturated rings. The minimum atomic E-state index is -0.486. The molecule has 0 spiro atoms. The Bertz CT molecular complexity index is 521. The van der Waals surface area contributed by atoms with Crippen molar-refractivity contribution in [2.24, 2.45) is 5.92 Å². The molecule has 2 saturated heterocycles. The lowest BCUT2D eigenvalue weighted by Crippen LogP contribution is -2.53. The van der Waals surface area contributed by atoms with Crippen LogP contribution >= 0.6 is 0 Å². The van der Waals surface area contributed by atoms with Gasteiger partial charge < -0.3 is 20.4 Å². The summed E-state index contributed by atoms with van der Waals surface area (Å²) in [5.74, 6) is -0.593. The molecule has 2 aliphatic heterocycles. The average molecular weight is 381 g/mol. The van der Waals surface area contributed by atoms with E-state index >= 15 is 0 Å². The van der Waals surface area contributed by atoms with E-state index in [-0.39, 0.29) is 23.9 Å². The number of rotatable bonds is 5. The van der Waals surface area contributed by atoms with Crippen LogP contribution in [0.15, 0.2) is 0 Å². The number of amides is 3. The lowest BCUT2D eigenvalue weighted by atomic mass is 9.92. The Morgan fingerprint density at radius 2 is 1.52 bits per heavy atom. The minimum absolute atomic E-state index is 0.0215. The second kappa shape index (κ2) is 10.1. The molecule has 1 unspecified atom stereocenters. The van der Waals surface area contributed by atoms with Gasteiger partial charge in [-0.15, -0.1) is 0 Å². The molecule has 0 aliphatic carbocycles. The van der Waals surface area contributed by atoms with Crippen LogP contribution < -0.4 is 10.6 Å². The second-order valence-electron chi connectivity index (χ2n) is 8.28. The topological polar surface area (TPSA) is 81.8 Å². The molecule has 2 N–H and O–H groups in total. The van der Waals surface area contributed by atoms with Crippen LogP contribution in [0.4, 0.5) is 0 Å². The average Bonchev–Trinajstić information content (AvgIpc) is 2.67. The second-order valence-corrected chi connectivity index (χ2v) is 8.28. The summed E-state index contributed by atoms with van der Waals surface area (Å²) < 4.78 is 0. The van der Waals surface area contributed by atoms with Gasteiger partial charge in [0.05, 0.1) is 0 Å². The highest BCUT2D eigenvalue weighted by molar-refractivity contribution is 6.35. The van der Waals surface area contributed by atoms with Gasteiger partial charge in [0.1, 0.15) is 0 Å². The summed E-state index contributed by atoms with van der Waals surface area (Å²) in [5.41, 5.74) is 0. The number of piperidine rings is 2. The first-order valence-corrected chi connectivity index (χ1v) is 10.5. The van der Waals surface area contributed by atoms with E-state index in [0.717, 1.165) is 45.2 Å². The molecule has 1 atom stereocenters. The van der Waals surface area contributed by atoms with E-state index < -0.39 is 11.8 Å². The SMILES string of the molecule is CCC(C)NC(=O)C(=O)N1CCC(N2CCC(C(=O)NC(C)C)CC2)CC1. The Balaban J connectivity index is 1.74. The zero-order valence-corrected chi connectivity index (χ0v) is 17.3. The molecule has 0 saturated carbocycles. The molecule has 0 aromatic carbocycles. The van der Waals surface area contributed by atoms with Crippen molar-refractivity contribution in [1.29, 1.82) is 0 Å². The van der Waals surface area contributed by atoms with E-state index in [1.54, 1.807) is 4.90 Å². The molecule has 0 bridgehead atoms. The standard InChI is InChI=1S/C20H36N4O3/c1-5-15(4)22-19(26)20(27)24-12-8-17(9-13-24)23-10-6-16(7-11-23)18(25)21-14(2)3/h14-17H,5-13H2,1-4H3,(H,21,25)(H,22,26). The van der Waals surface area contributed by atoms with Crippen LogP contribution in [0, 0.1) is 5.92 Å². The molecule has 3 amide bonds. The Hall–Kier alpha value is -1.63. The van der Waals surface area contributed by atoms with Crippen molar-refractivity contribution in [3.63, 3.8) is 0 Å². The summed E-state index contributed by atoms with van der Waals surface area (Å²) in [4.78, 5) is 40.6. The van der Waals surface area contributed by atoms with Gasteiger partial charge in [-0.2, -0.15) is 0 Å². The summed E-state index contributed by atoms with van der Waals surface area (Å²) in [6, 6.07) is 0.656. The summed E-state index contributed by atoms with van der Waals surface area (Å²) >= 11 is 0. The third kappa shape index (κ3) is 6.19. The maximum Gasteiger partial charge on any atom is 0.311 e. The number of hydrogen-bond donors (Lipinski definition) is 2. The molecule has 0 aromatic heterocycles. The predicted octanol–water partition coefficient (Wildman–Crippen LogP) is 1.13. The third-order valence-corrected chi connectivity index (χ3v) is 5.78. The molecule has 2 aliphatic rings. The maximum absolute atomic E-state index is 12.3. The van der Waals surface area contributed by atoms with Gasteiger partial charge in [-0.3, -0.25) is 14.4 Å². The smallest absolute Gasteiger partial charge is 0.311 e. The van der Waals surface area contributed by atoms with Crippen LogP contribution in [-0.4, -0.2) is 71.8 Å².